The van der Waals surface area contributed by atoms with E-state index in [0.717, 1.165) is 28.0 Å². The van der Waals surface area contributed by atoms with Crippen molar-refractivity contribution in [3.63, 3.8) is 0 Å². The van der Waals surface area contributed by atoms with Gasteiger partial charge in [0, 0.05) is 11.1 Å². The molecule has 2 bridgehead atoms. The van der Waals surface area contributed by atoms with Gasteiger partial charge in [0.15, 0.2) is 0 Å². The summed E-state index contributed by atoms with van der Waals surface area (Å²) in [7, 11) is 1.74. The summed E-state index contributed by atoms with van der Waals surface area (Å²) < 4.78 is 13.1. The lowest BCUT2D eigenvalue weighted by molar-refractivity contribution is -0.0263. The van der Waals surface area contributed by atoms with Gasteiger partial charge in [0.05, 0.1) is 7.11 Å². The molecule has 4 aromatic rings. The highest BCUT2D eigenvalue weighted by molar-refractivity contribution is 5.72. The molecule has 0 N–H and O–H groups in total. The lowest BCUT2D eigenvalue weighted by Gasteiger charge is -2.31. The van der Waals surface area contributed by atoms with Gasteiger partial charge in [-0.25, -0.2) is 0 Å². The summed E-state index contributed by atoms with van der Waals surface area (Å²) in [6.07, 6.45) is 0. The Morgan fingerprint density at radius 3 is 1.69 bits per heavy atom. The largest absolute Gasteiger partial charge is 0.496 e. The maximum absolute atomic E-state index is 7.22. The molecule has 0 spiro atoms. The van der Waals surface area contributed by atoms with Gasteiger partial charge in [-0.2, -0.15) is 0 Å². The van der Waals surface area contributed by atoms with Crippen molar-refractivity contribution in [3.8, 4) is 5.75 Å². The van der Waals surface area contributed by atoms with Crippen LogP contribution in [0.4, 0.5) is 0 Å². The lowest BCUT2D eigenvalue weighted by Crippen LogP contribution is -2.27. The molecule has 2 unspecified atom stereocenters. The summed E-state index contributed by atoms with van der Waals surface area (Å²) in [5.74, 6) is 0.860. The summed E-state index contributed by atoms with van der Waals surface area (Å²) in [6, 6.07) is 35.9. The standard InChI is InChI=1S/C27H20O2/c1-28-24-18-10-17-23-25(24)27(20-13-6-3-7-14-20)22-16-9-8-15-21(22)26(23,29-27)19-11-4-2-5-12-19/h2-18H,1H3. The molecule has 0 saturated carbocycles. The smallest absolute Gasteiger partial charge is 0.150 e. The predicted molar refractivity (Wildman–Crippen MR) is 113 cm³/mol. The number of fused-ring (bicyclic) bond motifs is 8. The summed E-state index contributed by atoms with van der Waals surface area (Å²) in [6.45, 7) is 0. The number of methoxy groups -OCH3 is 1. The molecule has 140 valence electrons. The molecule has 2 nitrogen and oxygen atoms in total. The van der Waals surface area contributed by atoms with E-state index in [4.69, 9.17) is 9.47 Å². The Bertz CT molecular complexity index is 1220. The van der Waals surface area contributed by atoms with Crippen LogP contribution in [0.25, 0.3) is 0 Å². The second-order valence-electron chi connectivity index (χ2n) is 7.62. The van der Waals surface area contributed by atoms with Crippen molar-refractivity contribution >= 4 is 0 Å². The molecule has 2 heteroatoms. The van der Waals surface area contributed by atoms with E-state index in [1.807, 2.05) is 18.2 Å². The van der Waals surface area contributed by atoms with E-state index in [-0.39, 0.29) is 0 Å². The minimum absolute atomic E-state index is 0.655. The third-order valence-electron chi connectivity index (χ3n) is 6.33. The molecule has 2 aliphatic rings. The molecular formula is C27H20O2. The first-order valence-electron chi connectivity index (χ1n) is 9.91. The Balaban J connectivity index is 1.81. The van der Waals surface area contributed by atoms with Crippen molar-refractivity contribution in [3.05, 3.63) is 137 Å². The Morgan fingerprint density at radius 1 is 0.552 bits per heavy atom. The molecule has 29 heavy (non-hydrogen) atoms. The number of rotatable bonds is 3. The molecule has 6 rings (SSSR count). The van der Waals surface area contributed by atoms with Crippen LogP contribution in [0.1, 0.15) is 33.4 Å². The van der Waals surface area contributed by atoms with Gasteiger partial charge in [-0.3, -0.25) is 0 Å². The van der Waals surface area contributed by atoms with E-state index in [1.54, 1.807) is 7.11 Å². The zero-order valence-corrected chi connectivity index (χ0v) is 16.1. The Kier molecular flexibility index (Phi) is 3.33. The first kappa shape index (κ1) is 16.6. The SMILES string of the molecule is COc1cccc2c1C1(c3ccccc3)OC2(c2ccccc2)c2ccccc21. The minimum atomic E-state index is -0.699. The maximum atomic E-state index is 7.22. The number of ether oxygens (including phenoxy) is 2. The molecule has 4 aromatic carbocycles. The third kappa shape index (κ3) is 1.89. The third-order valence-corrected chi connectivity index (χ3v) is 6.33. The second kappa shape index (κ2) is 5.82. The van der Waals surface area contributed by atoms with E-state index in [1.165, 1.54) is 11.1 Å². The average Bonchev–Trinajstić information content (AvgIpc) is 3.30. The predicted octanol–water partition coefficient (Wildman–Crippen LogP) is 5.62. The summed E-state index contributed by atoms with van der Waals surface area (Å²) >= 11 is 0. The van der Waals surface area contributed by atoms with Gasteiger partial charge in [-0.1, -0.05) is 97.1 Å². The van der Waals surface area contributed by atoms with Gasteiger partial charge >= 0.3 is 0 Å². The van der Waals surface area contributed by atoms with Gasteiger partial charge < -0.3 is 9.47 Å². The maximum Gasteiger partial charge on any atom is 0.150 e. The highest BCUT2D eigenvalue weighted by Gasteiger charge is 2.65. The molecule has 0 saturated heterocycles. The monoisotopic (exact) mass is 376 g/mol. The first-order valence-corrected chi connectivity index (χ1v) is 9.91. The van der Waals surface area contributed by atoms with Crippen LogP contribution in [-0.4, -0.2) is 7.11 Å². The fourth-order valence-electron chi connectivity index (χ4n) is 5.25. The summed E-state index contributed by atoms with van der Waals surface area (Å²) in [5, 5.41) is 0. The van der Waals surface area contributed by atoms with Gasteiger partial charge in [-0.05, 0) is 28.3 Å². The van der Waals surface area contributed by atoms with Gasteiger partial charge in [0.2, 0.25) is 0 Å². The fraction of sp³-hybridized carbons (Fsp3) is 0.111. The van der Waals surface area contributed by atoms with Crippen LogP contribution in [0.5, 0.6) is 5.75 Å². The van der Waals surface area contributed by atoms with Gasteiger partial charge in [-0.15, -0.1) is 0 Å². The molecule has 2 aliphatic heterocycles. The molecular weight excluding hydrogens is 356 g/mol. The van der Waals surface area contributed by atoms with Crippen molar-refractivity contribution in [1.29, 1.82) is 0 Å². The zero-order chi connectivity index (χ0) is 19.5. The molecule has 0 aromatic heterocycles. The van der Waals surface area contributed by atoms with Crippen LogP contribution in [0, 0.1) is 0 Å². The molecule has 0 radical (unpaired) electrons. The van der Waals surface area contributed by atoms with Crippen LogP contribution in [0.2, 0.25) is 0 Å². The molecule has 2 atom stereocenters. The van der Waals surface area contributed by atoms with E-state index in [2.05, 4.69) is 84.9 Å². The Morgan fingerprint density at radius 2 is 1.07 bits per heavy atom. The van der Waals surface area contributed by atoms with Crippen molar-refractivity contribution in [2.24, 2.45) is 0 Å². The topological polar surface area (TPSA) is 18.5 Å². The highest BCUT2D eigenvalue weighted by Crippen LogP contribution is 2.67. The van der Waals surface area contributed by atoms with Crippen LogP contribution < -0.4 is 4.74 Å². The molecule has 0 amide bonds. The Hall–Kier alpha value is -3.36. The van der Waals surface area contributed by atoms with Crippen LogP contribution in [-0.2, 0) is 15.9 Å². The summed E-state index contributed by atoms with van der Waals surface area (Å²) in [4.78, 5) is 0. The number of hydrogen-bond donors (Lipinski definition) is 0. The van der Waals surface area contributed by atoms with Crippen LogP contribution >= 0.6 is 0 Å². The minimum Gasteiger partial charge on any atom is -0.496 e. The van der Waals surface area contributed by atoms with Crippen LogP contribution in [0.15, 0.2) is 103 Å². The highest BCUT2D eigenvalue weighted by atomic mass is 16.5. The van der Waals surface area contributed by atoms with E-state index >= 15 is 0 Å². The second-order valence-corrected chi connectivity index (χ2v) is 7.62. The first-order chi connectivity index (χ1) is 14.3. The molecule has 0 aliphatic carbocycles. The van der Waals surface area contributed by atoms with E-state index < -0.39 is 11.2 Å². The number of hydrogen-bond acceptors (Lipinski definition) is 2. The van der Waals surface area contributed by atoms with Gasteiger partial charge in [0.25, 0.3) is 0 Å². The van der Waals surface area contributed by atoms with Crippen molar-refractivity contribution in [1.82, 2.24) is 0 Å². The van der Waals surface area contributed by atoms with Crippen LogP contribution in [0.3, 0.4) is 0 Å². The summed E-state index contributed by atoms with van der Waals surface area (Å²) in [5.41, 5.74) is 5.56. The quantitative estimate of drug-likeness (QED) is 0.462. The zero-order valence-electron chi connectivity index (χ0n) is 16.1. The van der Waals surface area contributed by atoms with Crippen molar-refractivity contribution < 1.29 is 9.47 Å². The normalized spacial score (nSPS) is 23.5. The number of benzene rings is 4. The molecule has 0 fully saturated rings. The molecule has 2 heterocycles. The average molecular weight is 376 g/mol. The van der Waals surface area contributed by atoms with Crippen molar-refractivity contribution in [2.45, 2.75) is 11.2 Å². The van der Waals surface area contributed by atoms with E-state index in [9.17, 15) is 0 Å². The van der Waals surface area contributed by atoms with E-state index in [0.29, 0.717) is 0 Å². The van der Waals surface area contributed by atoms with Gasteiger partial charge in [0.1, 0.15) is 17.0 Å². The fourth-order valence-corrected chi connectivity index (χ4v) is 5.25. The Labute approximate surface area is 170 Å². The van der Waals surface area contributed by atoms with Crippen molar-refractivity contribution in [2.75, 3.05) is 7.11 Å². The lowest BCUT2D eigenvalue weighted by atomic mass is 9.68.